The van der Waals surface area contributed by atoms with E-state index in [-0.39, 0.29) is 35.3 Å². The zero-order valence-corrected chi connectivity index (χ0v) is 28.9. The topological polar surface area (TPSA) is 155 Å². The largest absolute Gasteiger partial charge is 0.494 e. The molecule has 1 aromatic heterocycles. The number of aryl methyl sites for hydroxylation is 1. The number of hydrogen-bond acceptors (Lipinski definition) is 7. The lowest BCUT2D eigenvalue weighted by Gasteiger charge is -2.24. The first kappa shape index (κ1) is 37.0. The number of aliphatic imine (C=N–C) groups is 1. The second-order valence-corrected chi connectivity index (χ2v) is 12.1. The molecule has 254 valence electrons. The van der Waals surface area contributed by atoms with Crippen molar-refractivity contribution in [3.05, 3.63) is 76.9 Å². The summed E-state index contributed by atoms with van der Waals surface area (Å²) >= 11 is 0. The number of allylic oxidation sites excluding steroid dienone is 1. The quantitative estimate of drug-likeness (QED) is 0.103. The molecule has 2 aliphatic rings. The Kier molecular flexibility index (Phi) is 14.7. The van der Waals surface area contributed by atoms with E-state index in [1.165, 1.54) is 13.2 Å². The molecule has 2 unspecified atom stereocenters. The highest BCUT2D eigenvalue weighted by molar-refractivity contribution is 6.16. The molecule has 47 heavy (non-hydrogen) atoms. The van der Waals surface area contributed by atoms with Crippen molar-refractivity contribution in [3.8, 4) is 5.75 Å². The Hall–Kier alpha value is -4.47. The molecule has 6 N–H and O–H groups in total. The van der Waals surface area contributed by atoms with E-state index < -0.39 is 0 Å². The first-order chi connectivity index (χ1) is 22.7. The Morgan fingerprint density at radius 1 is 1.15 bits per heavy atom. The Morgan fingerprint density at radius 3 is 2.43 bits per heavy atom. The van der Waals surface area contributed by atoms with E-state index in [9.17, 15) is 9.59 Å². The maximum atomic E-state index is 13.4. The highest BCUT2D eigenvalue weighted by atomic mass is 16.5. The number of rotatable bonds is 16. The smallest absolute Gasteiger partial charge is 0.255 e. The SMILES string of the molecule is CCCCC(CC)C(C)NC(=O)c1cccc(N/C(=C/C(N)=NC(=O)C2CC2)C(=N)C(NC)=C2CC2)c1OC.CCc1ccccn1. The van der Waals surface area contributed by atoms with E-state index in [2.05, 4.69) is 46.7 Å². The number of nitrogens with zero attached hydrogens (tertiary/aromatic N) is 2. The third-order valence-corrected chi connectivity index (χ3v) is 8.42. The van der Waals surface area contributed by atoms with Gasteiger partial charge in [0.15, 0.2) is 5.75 Å². The maximum Gasteiger partial charge on any atom is 0.255 e. The van der Waals surface area contributed by atoms with Gasteiger partial charge in [-0.2, -0.15) is 4.99 Å². The first-order valence-corrected chi connectivity index (χ1v) is 16.9. The van der Waals surface area contributed by atoms with Gasteiger partial charge in [0.05, 0.1) is 29.8 Å². The van der Waals surface area contributed by atoms with E-state index >= 15 is 0 Å². The van der Waals surface area contributed by atoms with Crippen LogP contribution < -0.4 is 26.4 Å². The van der Waals surface area contributed by atoms with Crippen LogP contribution in [-0.4, -0.2) is 48.5 Å². The molecular weight excluding hydrogens is 590 g/mol. The average Bonchev–Trinajstić information content (AvgIpc) is 4.00. The summed E-state index contributed by atoms with van der Waals surface area (Å²) in [4.78, 5) is 33.7. The fraction of sp³-hybridized carbons (Fsp3) is 0.486. The number of hydrogen-bond donors (Lipinski definition) is 5. The molecule has 2 saturated carbocycles. The minimum absolute atomic E-state index is 0.0161. The maximum absolute atomic E-state index is 13.4. The van der Waals surface area contributed by atoms with E-state index in [4.69, 9.17) is 15.9 Å². The highest BCUT2D eigenvalue weighted by Crippen LogP contribution is 2.34. The van der Waals surface area contributed by atoms with Crippen molar-refractivity contribution in [3.63, 3.8) is 0 Å². The van der Waals surface area contributed by atoms with Crippen LogP contribution in [0.2, 0.25) is 0 Å². The zero-order chi connectivity index (χ0) is 34.3. The van der Waals surface area contributed by atoms with Crippen LogP contribution in [0.15, 0.2) is 70.6 Å². The molecule has 0 radical (unpaired) electrons. The fourth-order valence-corrected chi connectivity index (χ4v) is 5.29. The van der Waals surface area contributed by atoms with Gasteiger partial charge in [0.1, 0.15) is 11.5 Å². The summed E-state index contributed by atoms with van der Waals surface area (Å²) in [6.45, 7) is 8.48. The van der Waals surface area contributed by atoms with Gasteiger partial charge in [-0.15, -0.1) is 0 Å². The van der Waals surface area contributed by atoms with Gasteiger partial charge in [0, 0.05) is 37.0 Å². The summed E-state index contributed by atoms with van der Waals surface area (Å²) in [5.41, 5.74) is 10.6. The Morgan fingerprint density at radius 2 is 1.89 bits per heavy atom. The molecule has 0 bridgehead atoms. The van der Waals surface area contributed by atoms with Crippen LogP contribution in [0.1, 0.15) is 95.1 Å². The number of nitrogens with two attached hydrogens (primary N) is 1. The number of carbonyl (C=O) groups excluding carboxylic acids is 2. The summed E-state index contributed by atoms with van der Waals surface area (Å²) in [5, 5.41) is 18.4. The van der Waals surface area contributed by atoms with Gasteiger partial charge in [-0.05, 0) is 81.2 Å². The van der Waals surface area contributed by atoms with Gasteiger partial charge in [0.25, 0.3) is 11.8 Å². The molecule has 0 aliphatic heterocycles. The Labute approximate surface area is 280 Å². The molecule has 10 nitrogen and oxygen atoms in total. The van der Waals surface area contributed by atoms with Crippen molar-refractivity contribution < 1.29 is 14.3 Å². The number of aromatic nitrogens is 1. The van der Waals surface area contributed by atoms with Crippen molar-refractivity contribution in [2.24, 2.45) is 22.6 Å². The molecule has 4 rings (SSSR count). The zero-order valence-electron chi connectivity index (χ0n) is 28.9. The second kappa shape index (κ2) is 18.6. The van der Waals surface area contributed by atoms with Gasteiger partial charge in [-0.25, -0.2) is 0 Å². The molecular formula is C37H53N7O3. The Bertz CT molecular complexity index is 1460. The summed E-state index contributed by atoms with van der Waals surface area (Å²) in [6, 6.07) is 11.3. The van der Waals surface area contributed by atoms with Crippen LogP contribution in [-0.2, 0) is 11.2 Å². The molecule has 2 amide bonds. The number of carbonyl (C=O) groups is 2. The summed E-state index contributed by atoms with van der Waals surface area (Å²) in [7, 11) is 3.29. The number of amidine groups is 1. The molecule has 0 saturated heterocycles. The normalized spacial score (nSPS) is 15.4. The van der Waals surface area contributed by atoms with Crippen molar-refractivity contribution in [1.82, 2.24) is 15.6 Å². The lowest BCUT2D eigenvalue weighted by molar-refractivity contribution is -0.118. The Balaban J connectivity index is 0.000000653. The number of pyridine rings is 1. The number of nitrogens with one attached hydrogen (secondary N) is 4. The van der Waals surface area contributed by atoms with Gasteiger partial charge in [0.2, 0.25) is 0 Å². The van der Waals surface area contributed by atoms with Crippen molar-refractivity contribution in [1.29, 1.82) is 5.41 Å². The lowest BCUT2D eigenvalue weighted by atomic mass is 9.92. The predicted molar refractivity (Wildman–Crippen MR) is 191 cm³/mol. The standard InChI is InChI=1S/C30H44N6O3.C7H9N/c1-6-8-10-19(7-2)18(3)34-30(38)22-11-9-12-23(28(22)39-5)35-24(26(32)27(33-4)20-13-14-20)17-25(31)36-29(37)21-15-16-21;1-2-7-5-3-4-6-8-7/h9,11-12,17-19,21,32-33,35H,6-8,10,13-16H2,1-5H3,(H,34,38)(H2,31,36,37);3-6H,2H2,1H3/b24-17+,32-26?;. The minimum atomic E-state index is -0.237. The van der Waals surface area contributed by atoms with Crippen molar-refractivity contribution in [2.75, 3.05) is 19.5 Å². The lowest BCUT2D eigenvalue weighted by Crippen LogP contribution is -2.38. The van der Waals surface area contributed by atoms with E-state index in [0.717, 1.165) is 69.1 Å². The molecule has 2 fully saturated rings. The van der Waals surface area contributed by atoms with Crippen LogP contribution in [0.5, 0.6) is 5.75 Å². The number of unbranched alkanes of at least 4 members (excludes halogenated alkanes) is 1. The third kappa shape index (κ3) is 11.4. The van der Waals surface area contributed by atoms with Crippen molar-refractivity contribution in [2.45, 2.75) is 91.5 Å². The number of ether oxygens (including phenoxy) is 1. The van der Waals surface area contributed by atoms with Crippen LogP contribution in [0.4, 0.5) is 5.69 Å². The van der Waals surface area contributed by atoms with E-state index in [1.54, 1.807) is 25.2 Å². The van der Waals surface area contributed by atoms with Gasteiger partial charge < -0.3 is 26.4 Å². The molecule has 1 aromatic carbocycles. The molecule has 2 aliphatic carbocycles. The predicted octanol–water partition coefficient (Wildman–Crippen LogP) is 6.55. The highest BCUT2D eigenvalue weighted by Gasteiger charge is 2.30. The van der Waals surface area contributed by atoms with E-state index in [0.29, 0.717) is 34.3 Å². The van der Waals surface area contributed by atoms with Crippen LogP contribution in [0, 0.1) is 17.2 Å². The number of para-hydroxylation sites is 1. The van der Waals surface area contributed by atoms with Crippen molar-refractivity contribution >= 4 is 29.0 Å². The molecule has 10 heteroatoms. The van der Waals surface area contributed by atoms with Gasteiger partial charge in [-0.3, -0.25) is 20.0 Å². The number of anilines is 1. The minimum Gasteiger partial charge on any atom is -0.494 e. The molecule has 2 atom stereocenters. The monoisotopic (exact) mass is 643 g/mol. The first-order valence-electron chi connectivity index (χ1n) is 16.9. The van der Waals surface area contributed by atoms with Crippen LogP contribution in [0.3, 0.4) is 0 Å². The number of methoxy groups -OCH3 is 1. The summed E-state index contributed by atoms with van der Waals surface area (Å²) in [6.07, 6.45) is 12.2. The summed E-state index contributed by atoms with van der Waals surface area (Å²) < 4.78 is 5.70. The van der Waals surface area contributed by atoms with Gasteiger partial charge >= 0.3 is 0 Å². The van der Waals surface area contributed by atoms with Gasteiger partial charge in [-0.1, -0.05) is 52.2 Å². The fourth-order valence-electron chi connectivity index (χ4n) is 5.29. The molecule has 0 spiro atoms. The average molecular weight is 644 g/mol. The third-order valence-electron chi connectivity index (χ3n) is 8.42. The molecule has 1 heterocycles. The van der Waals surface area contributed by atoms with Crippen LogP contribution >= 0.6 is 0 Å². The van der Waals surface area contributed by atoms with E-state index in [1.807, 2.05) is 31.3 Å². The van der Waals surface area contributed by atoms with Crippen LogP contribution in [0.25, 0.3) is 0 Å². The number of amides is 2. The second-order valence-electron chi connectivity index (χ2n) is 12.1. The number of benzene rings is 1. The molecule has 2 aromatic rings. The summed E-state index contributed by atoms with van der Waals surface area (Å²) in [5.74, 6) is 0.268.